The normalized spacial score (nSPS) is 22.4. The first-order valence-corrected chi connectivity index (χ1v) is 12.1. The van der Waals surface area contributed by atoms with Crippen LogP contribution in [0.2, 0.25) is 0 Å². The van der Waals surface area contributed by atoms with E-state index >= 15 is 0 Å². The number of nitrogens with zero attached hydrogens (tertiary/aromatic N) is 2. The van der Waals surface area contributed by atoms with E-state index in [2.05, 4.69) is 26.1 Å². The van der Waals surface area contributed by atoms with Gasteiger partial charge in [0.15, 0.2) is 9.84 Å². The maximum Gasteiger partial charge on any atom is 0.273 e. The summed E-state index contributed by atoms with van der Waals surface area (Å²) in [5.74, 6) is -0.182. The number of hydrogen-bond donors (Lipinski definition) is 2. The standard InChI is InChI=1S/C21H18BrN3O4S/c22-13-5-3-4-12(10-13)20-17-18(15-6-1-2-7-16(15)26)23-24-19(17)21(27)25(20)14-8-9-30(28,29)11-14/h1-7,10,14,20,26H,8-9,11H2,(H,23,24). The average Bonchev–Trinajstić information content (AvgIpc) is 3.36. The molecule has 2 aromatic carbocycles. The van der Waals surface area contributed by atoms with E-state index in [4.69, 9.17) is 0 Å². The number of phenolic OH excluding ortho intramolecular Hbond substituents is 1. The van der Waals surface area contributed by atoms with Crippen LogP contribution in [-0.2, 0) is 9.84 Å². The molecule has 0 aliphatic carbocycles. The minimum absolute atomic E-state index is 0.0487. The smallest absolute Gasteiger partial charge is 0.273 e. The molecule has 9 heteroatoms. The second kappa shape index (κ2) is 6.95. The molecular weight excluding hydrogens is 470 g/mol. The van der Waals surface area contributed by atoms with Gasteiger partial charge in [0.2, 0.25) is 0 Å². The molecule has 30 heavy (non-hydrogen) atoms. The van der Waals surface area contributed by atoms with Gasteiger partial charge in [-0.25, -0.2) is 8.42 Å². The Morgan fingerprint density at radius 2 is 1.97 bits per heavy atom. The van der Waals surface area contributed by atoms with Crippen molar-refractivity contribution < 1.29 is 18.3 Å². The van der Waals surface area contributed by atoms with E-state index in [1.165, 1.54) is 0 Å². The van der Waals surface area contributed by atoms with Crippen LogP contribution < -0.4 is 0 Å². The summed E-state index contributed by atoms with van der Waals surface area (Å²) in [6, 6.07) is 13.5. The van der Waals surface area contributed by atoms with Gasteiger partial charge in [0, 0.05) is 21.6 Å². The monoisotopic (exact) mass is 487 g/mol. The van der Waals surface area contributed by atoms with Gasteiger partial charge < -0.3 is 10.0 Å². The zero-order valence-corrected chi connectivity index (χ0v) is 18.1. The van der Waals surface area contributed by atoms with Crippen molar-refractivity contribution in [3.05, 3.63) is 69.8 Å². The van der Waals surface area contributed by atoms with Crippen LogP contribution in [0.15, 0.2) is 53.0 Å². The fourth-order valence-electron chi connectivity index (χ4n) is 4.42. The largest absolute Gasteiger partial charge is 0.507 e. The molecule has 1 aromatic heterocycles. The number of aromatic amines is 1. The molecule has 2 atom stereocenters. The molecule has 2 aliphatic rings. The Morgan fingerprint density at radius 3 is 2.67 bits per heavy atom. The summed E-state index contributed by atoms with van der Waals surface area (Å²) in [6.07, 6.45) is 0.405. The van der Waals surface area contributed by atoms with Crippen molar-refractivity contribution in [3.8, 4) is 17.0 Å². The fourth-order valence-corrected chi connectivity index (χ4v) is 6.55. The zero-order valence-electron chi connectivity index (χ0n) is 15.7. The molecule has 1 saturated heterocycles. The van der Waals surface area contributed by atoms with E-state index in [0.29, 0.717) is 28.9 Å². The van der Waals surface area contributed by atoms with Crippen molar-refractivity contribution in [2.24, 2.45) is 0 Å². The predicted molar refractivity (Wildman–Crippen MR) is 115 cm³/mol. The number of para-hydroxylation sites is 1. The lowest BCUT2D eigenvalue weighted by molar-refractivity contribution is 0.0677. The molecule has 1 amide bonds. The number of halogens is 1. The molecule has 1 fully saturated rings. The zero-order chi connectivity index (χ0) is 21.0. The van der Waals surface area contributed by atoms with Crippen LogP contribution >= 0.6 is 15.9 Å². The number of H-pyrrole nitrogens is 1. The summed E-state index contributed by atoms with van der Waals surface area (Å²) in [4.78, 5) is 15.0. The number of fused-ring (bicyclic) bond motifs is 1. The average molecular weight is 488 g/mol. The number of nitrogens with one attached hydrogen (secondary N) is 1. The number of hydrogen-bond acceptors (Lipinski definition) is 5. The Kier molecular flexibility index (Phi) is 4.48. The minimum Gasteiger partial charge on any atom is -0.507 e. The summed E-state index contributed by atoms with van der Waals surface area (Å²) in [6.45, 7) is 0. The number of carbonyl (C=O) groups excluding carboxylic acids is 1. The second-order valence-corrected chi connectivity index (χ2v) is 10.7. The van der Waals surface area contributed by atoms with Crippen LogP contribution in [0.1, 0.15) is 34.1 Å². The van der Waals surface area contributed by atoms with Crippen molar-refractivity contribution in [2.45, 2.75) is 18.5 Å². The maximum atomic E-state index is 13.4. The van der Waals surface area contributed by atoms with E-state index in [0.717, 1.165) is 10.0 Å². The molecule has 3 aromatic rings. The van der Waals surface area contributed by atoms with E-state index in [-0.39, 0.29) is 23.2 Å². The molecular formula is C21H18BrN3O4S. The maximum absolute atomic E-state index is 13.4. The summed E-state index contributed by atoms with van der Waals surface area (Å²) in [7, 11) is -3.18. The number of aromatic nitrogens is 2. The SMILES string of the molecule is O=C1c2[nH]nc(-c3ccccc3O)c2C(c2cccc(Br)c2)N1C1CCS(=O)(=O)C1. The summed E-state index contributed by atoms with van der Waals surface area (Å²) < 4.78 is 25.1. The van der Waals surface area contributed by atoms with Crippen LogP contribution in [0.25, 0.3) is 11.3 Å². The van der Waals surface area contributed by atoms with Crippen LogP contribution in [0, 0.1) is 0 Å². The Morgan fingerprint density at radius 1 is 1.17 bits per heavy atom. The first-order valence-electron chi connectivity index (χ1n) is 9.51. The highest BCUT2D eigenvalue weighted by molar-refractivity contribution is 9.10. The lowest BCUT2D eigenvalue weighted by Crippen LogP contribution is -2.40. The van der Waals surface area contributed by atoms with Crippen LogP contribution in [-0.4, -0.2) is 52.1 Å². The van der Waals surface area contributed by atoms with Gasteiger partial charge in [0.05, 0.1) is 17.5 Å². The van der Waals surface area contributed by atoms with Crippen molar-refractivity contribution in [1.82, 2.24) is 15.1 Å². The van der Waals surface area contributed by atoms with Gasteiger partial charge in [-0.05, 0) is 36.2 Å². The molecule has 0 saturated carbocycles. The number of rotatable bonds is 3. The van der Waals surface area contributed by atoms with E-state index < -0.39 is 21.9 Å². The van der Waals surface area contributed by atoms with Crippen molar-refractivity contribution in [1.29, 1.82) is 0 Å². The molecule has 154 valence electrons. The lowest BCUT2D eigenvalue weighted by atomic mass is 9.95. The number of amides is 1. The molecule has 0 radical (unpaired) electrons. The lowest BCUT2D eigenvalue weighted by Gasteiger charge is -2.31. The van der Waals surface area contributed by atoms with Gasteiger partial charge in [0.25, 0.3) is 5.91 Å². The highest BCUT2D eigenvalue weighted by Crippen LogP contribution is 2.46. The second-order valence-electron chi connectivity index (χ2n) is 7.60. The summed E-state index contributed by atoms with van der Waals surface area (Å²) in [5, 5.41) is 17.6. The predicted octanol–water partition coefficient (Wildman–Crippen LogP) is 3.28. The molecule has 7 nitrogen and oxygen atoms in total. The van der Waals surface area contributed by atoms with Gasteiger partial charge in [-0.15, -0.1) is 0 Å². The van der Waals surface area contributed by atoms with Gasteiger partial charge in [-0.3, -0.25) is 9.89 Å². The Balaban J connectivity index is 1.71. The van der Waals surface area contributed by atoms with Crippen molar-refractivity contribution in [3.63, 3.8) is 0 Å². The quantitative estimate of drug-likeness (QED) is 0.589. The van der Waals surface area contributed by atoms with Crippen molar-refractivity contribution >= 4 is 31.7 Å². The number of sulfone groups is 1. The Hall–Kier alpha value is -2.65. The van der Waals surface area contributed by atoms with Gasteiger partial charge in [-0.2, -0.15) is 5.10 Å². The first-order chi connectivity index (χ1) is 14.4. The van der Waals surface area contributed by atoms with Crippen LogP contribution in [0.5, 0.6) is 5.75 Å². The molecule has 0 spiro atoms. The van der Waals surface area contributed by atoms with E-state index in [1.54, 1.807) is 29.2 Å². The number of phenols is 1. The Labute approximate surface area is 181 Å². The van der Waals surface area contributed by atoms with E-state index in [1.807, 2.05) is 24.3 Å². The van der Waals surface area contributed by atoms with Crippen molar-refractivity contribution in [2.75, 3.05) is 11.5 Å². The van der Waals surface area contributed by atoms with Gasteiger partial charge in [-0.1, -0.05) is 40.2 Å². The van der Waals surface area contributed by atoms with Gasteiger partial charge >= 0.3 is 0 Å². The molecule has 2 unspecified atom stereocenters. The third-order valence-corrected chi connectivity index (χ3v) is 7.97. The van der Waals surface area contributed by atoms with E-state index in [9.17, 15) is 18.3 Å². The first kappa shape index (κ1) is 19.3. The molecule has 2 aliphatic heterocycles. The highest BCUT2D eigenvalue weighted by atomic mass is 79.9. The minimum atomic E-state index is -3.18. The third-order valence-electron chi connectivity index (χ3n) is 5.73. The number of benzene rings is 2. The number of aromatic hydroxyl groups is 1. The topological polar surface area (TPSA) is 103 Å². The number of carbonyl (C=O) groups is 1. The molecule has 0 bridgehead atoms. The van der Waals surface area contributed by atoms with Crippen LogP contribution in [0.4, 0.5) is 0 Å². The third kappa shape index (κ3) is 3.04. The highest BCUT2D eigenvalue weighted by Gasteiger charge is 2.48. The molecule has 3 heterocycles. The fraction of sp³-hybridized carbons (Fsp3) is 0.238. The summed E-state index contributed by atoms with van der Waals surface area (Å²) in [5.41, 5.74) is 2.85. The Bertz CT molecular complexity index is 1270. The van der Waals surface area contributed by atoms with Crippen LogP contribution in [0.3, 0.4) is 0 Å². The van der Waals surface area contributed by atoms with Gasteiger partial charge in [0.1, 0.15) is 17.1 Å². The summed E-state index contributed by atoms with van der Waals surface area (Å²) >= 11 is 3.49. The molecule has 5 rings (SSSR count). The molecule has 2 N–H and O–H groups in total.